The van der Waals surface area contributed by atoms with E-state index in [4.69, 9.17) is 8.83 Å². The number of rotatable bonds is 3. The van der Waals surface area contributed by atoms with Crippen LogP contribution in [-0.4, -0.2) is 0 Å². The number of nitrogens with zero attached hydrogens (tertiary/aromatic N) is 1. The van der Waals surface area contributed by atoms with Gasteiger partial charge in [-0.25, -0.2) is 0 Å². The zero-order valence-electron chi connectivity index (χ0n) is 15.2. The predicted molar refractivity (Wildman–Crippen MR) is 114 cm³/mol. The molecule has 0 unspecified atom stereocenters. The standard InChI is InChI=1S/C24H19INO2/c25-13-16-4-3-5-19-21-12-24(17-7-10-27-14-17,18-8-11-28-15-18)23(22(16)19)20-6-1-2-9-26(20)21/h1-11,14-15,21,23H,12-13H2/q+1/t21-,23-/m1/s1. The van der Waals surface area contributed by atoms with Crippen LogP contribution < -0.4 is 4.57 Å². The van der Waals surface area contributed by atoms with Gasteiger partial charge in [0.05, 0.1) is 36.4 Å². The summed E-state index contributed by atoms with van der Waals surface area (Å²) in [5, 5.41) is 0. The Kier molecular flexibility index (Phi) is 3.60. The minimum absolute atomic E-state index is 0.194. The highest BCUT2D eigenvalue weighted by Gasteiger charge is 2.60. The molecule has 0 fully saturated rings. The SMILES string of the molecule is ICc1cccc2c1[C@H]1c3cccc[n+]3[C@@H]2CC1(c1ccoc1)c1ccoc1. The molecular weight excluding hydrogens is 461 g/mol. The molecule has 0 N–H and O–H groups in total. The van der Waals surface area contributed by atoms with Gasteiger partial charge in [0.1, 0.15) is 0 Å². The molecule has 0 amide bonds. The Labute approximate surface area is 177 Å². The van der Waals surface area contributed by atoms with E-state index >= 15 is 0 Å². The molecule has 3 aromatic heterocycles. The summed E-state index contributed by atoms with van der Waals surface area (Å²) in [7, 11) is 0. The second kappa shape index (κ2) is 6.08. The summed E-state index contributed by atoms with van der Waals surface area (Å²) in [6, 6.07) is 18.0. The molecule has 1 aliphatic carbocycles. The Hall–Kier alpha value is -2.34. The monoisotopic (exact) mass is 480 g/mol. The molecular formula is C24H19INO2+. The highest BCUT2D eigenvalue weighted by Crippen LogP contribution is 2.60. The van der Waals surface area contributed by atoms with Gasteiger partial charge in [0.15, 0.2) is 17.9 Å². The van der Waals surface area contributed by atoms with Crippen molar-refractivity contribution in [2.45, 2.75) is 28.2 Å². The summed E-state index contributed by atoms with van der Waals surface area (Å²) in [5.41, 5.74) is 8.01. The molecule has 3 aliphatic rings. The third-order valence-corrected chi connectivity index (χ3v) is 7.48. The van der Waals surface area contributed by atoms with Crippen LogP contribution in [0.15, 0.2) is 88.6 Å². The van der Waals surface area contributed by atoms with Crippen LogP contribution in [0.1, 0.15) is 51.9 Å². The van der Waals surface area contributed by atoms with E-state index in [1.807, 2.05) is 12.5 Å². The number of aromatic nitrogens is 1. The molecule has 2 bridgehead atoms. The van der Waals surface area contributed by atoms with Crippen molar-refractivity contribution in [3.8, 4) is 0 Å². The molecule has 5 heterocycles. The molecule has 0 saturated heterocycles. The van der Waals surface area contributed by atoms with Gasteiger partial charge in [-0.1, -0.05) is 46.9 Å². The summed E-state index contributed by atoms with van der Waals surface area (Å²) >= 11 is 2.50. The Balaban J connectivity index is 1.74. The third-order valence-electron chi connectivity index (χ3n) is 6.66. The van der Waals surface area contributed by atoms with Crippen molar-refractivity contribution < 1.29 is 13.4 Å². The van der Waals surface area contributed by atoms with Crippen molar-refractivity contribution in [2.75, 3.05) is 0 Å². The van der Waals surface area contributed by atoms with Crippen LogP contribution in [0.3, 0.4) is 0 Å². The molecule has 4 heteroatoms. The molecule has 0 radical (unpaired) electrons. The summed E-state index contributed by atoms with van der Waals surface area (Å²) < 4.78 is 14.7. The minimum Gasteiger partial charge on any atom is -0.472 e. The smallest absolute Gasteiger partial charge is 0.190 e. The fraction of sp³-hybridized carbons (Fsp3) is 0.208. The molecule has 0 saturated carbocycles. The normalized spacial score (nSPS) is 21.3. The topological polar surface area (TPSA) is 30.2 Å². The lowest BCUT2D eigenvalue weighted by molar-refractivity contribution is -0.732. The van der Waals surface area contributed by atoms with Crippen molar-refractivity contribution in [1.82, 2.24) is 0 Å². The average molecular weight is 480 g/mol. The minimum atomic E-state index is -0.194. The summed E-state index contributed by atoms with van der Waals surface area (Å²) in [6.07, 6.45) is 10.7. The van der Waals surface area contributed by atoms with E-state index in [0.717, 1.165) is 10.8 Å². The number of benzene rings is 1. The van der Waals surface area contributed by atoms with E-state index in [9.17, 15) is 0 Å². The number of fused-ring (bicyclic) bond motifs is 1. The molecule has 2 aliphatic heterocycles. The number of pyridine rings is 1. The van der Waals surface area contributed by atoms with E-state index in [1.54, 1.807) is 12.5 Å². The number of alkyl halides is 1. The lowest BCUT2D eigenvalue weighted by Crippen LogP contribution is -2.60. The fourth-order valence-corrected chi connectivity index (χ4v) is 6.26. The molecule has 2 atom stereocenters. The molecule has 3 nitrogen and oxygen atoms in total. The largest absolute Gasteiger partial charge is 0.472 e. The predicted octanol–water partition coefficient (Wildman–Crippen LogP) is 5.52. The first-order chi connectivity index (χ1) is 13.8. The maximum absolute atomic E-state index is 5.59. The van der Waals surface area contributed by atoms with Crippen molar-refractivity contribution in [1.29, 1.82) is 0 Å². The first-order valence-electron chi connectivity index (χ1n) is 9.57. The molecule has 0 spiro atoms. The zero-order chi connectivity index (χ0) is 18.7. The van der Waals surface area contributed by atoms with E-state index < -0.39 is 0 Å². The third kappa shape index (κ3) is 2.01. The fourth-order valence-electron chi connectivity index (χ4n) is 5.59. The van der Waals surface area contributed by atoms with Gasteiger partial charge >= 0.3 is 0 Å². The Morgan fingerprint density at radius 3 is 2.43 bits per heavy atom. The van der Waals surface area contributed by atoms with Gasteiger partial charge in [-0.3, -0.25) is 0 Å². The van der Waals surface area contributed by atoms with Gasteiger partial charge in [0.2, 0.25) is 0 Å². The Morgan fingerprint density at radius 2 is 1.75 bits per heavy atom. The molecule has 138 valence electrons. The second-order valence-electron chi connectivity index (χ2n) is 7.73. The van der Waals surface area contributed by atoms with Crippen molar-refractivity contribution >= 4 is 22.6 Å². The van der Waals surface area contributed by atoms with Gasteiger partial charge < -0.3 is 8.83 Å². The zero-order valence-corrected chi connectivity index (χ0v) is 17.4. The summed E-state index contributed by atoms with van der Waals surface area (Å²) in [6.45, 7) is 0. The van der Waals surface area contributed by atoms with Crippen LogP contribution in [0.25, 0.3) is 0 Å². The Bertz CT molecular complexity index is 1110. The molecule has 1 aromatic carbocycles. The van der Waals surface area contributed by atoms with E-state index in [-0.39, 0.29) is 11.3 Å². The quantitative estimate of drug-likeness (QED) is 0.220. The lowest BCUT2D eigenvalue weighted by Gasteiger charge is -2.49. The van der Waals surface area contributed by atoms with Crippen molar-refractivity contribution in [3.05, 3.63) is 113 Å². The van der Waals surface area contributed by atoms with Gasteiger partial charge in [-0.05, 0) is 23.3 Å². The van der Waals surface area contributed by atoms with E-state index in [1.165, 1.54) is 33.5 Å². The maximum Gasteiger partial charge on any atom is 0.190 e. The summed E-state index contributed by atoms with van der Waals surface area (Å²) in [5.74, 6) is 0.217. The first-order valence-corrected chi connectivity index (χ1v) is 11.1. The number of hydrogen-bond donors (Lipinski definition) is 0. The highest BCUT2D eigenvalue weighted by atomic mass is 127. The van der Waals surface area contributed by atoms with Crippen LogP contribution >= 0.6 is 22.6 Å². The van der Waals surface area contributed by atoms with Gasteiger partial charge in [0.25, 0.3) is 0 Å². The van der Waals surface area contributed by atoms with E-state index in [2.05, 4.69) is 81.9 Å². The highest BCUT2D eigenvalue weighted by molar-refractivity contribution is 14.1. The van der Waals surface area contributed by atoms with Crippen LogP contribution in [0, 0.1) is 0 Å². The molecule has 28 heavy (non-hydrogen) atoms. The molecule has 4 aromatic rings. The van der Waals surface area contributed by atoms with Gasteiger partial charge in [-0.15, -0.1) is 0 Å². The number of furan rings is 2. The average Bonchev–Trinajstić information content (AvgIpc) is 3.48. The van der Waals surface area contributed by atoms with Crippen LogP contribution in [0.4, 0.5) is 0 Å². The van der Waals surface area contributed by atoms with Crippen molar-refractivity contribution in [2.24, 2.45) is 0 Å². The van der Waals surface area contributed by atoms with Gasteiger partial charge in [0, 0.05) is 39.7 Å². The lowest BCUT2D eigenvalue weighted by atomic mass is 9.53. The van der Waals surface area contributed by atoms with Crippen LogP contribution in [0.2, 0.25) is 0 Å². The summed E-state index contributed by atoms with van der Waals surface area (Å²) in [4.78, 5) is 0. The molecule has 7 rings (SSSR count). The van der Waals surface area contributed by atoms with Crippen LogP contribution in [-0.2, 0) is 9.84 Å². The second-order valence-corrected chi connectivity index (χ2v) is 8.50. The van der Waals surface area contributed by atoms with E-state index in [0.29, 0.717) is 6.04 Å². The number of halogens is 1. The van der Waals surface area contributed by atoms with Gasteiger partial charge in [-0.2, -0.15) is 4.57 Å². The van der Waals surface area contributed by atoms with Crippen molar-refractivity contribution in [3.63, 3.8) is 0 Å². The van der Waals surface area contributed by atoms with Crippen LogP contribution in [0.5, 0.6) is 0 Å². The number of hydrogen-bond acceptors (Lipinski definition) is 2. The Morgan fingerprint density at radius 1 is 0.964 bits per heavy atom. The maximum atomic E-state index is 5.59. The first kappa shape index (κ1) is 16.6.